The summed E-state index contributed by atoms with van der Waals surface area (Å²) in [6.45, 7) is 4.29. The van der Waals surface area contributed by atoms with E-state index in [1.54, 1.807) is 0 Å². The summed E-state index contributed by atoms with van der Waals surface area (Å²) < 4.78 is 0. The molecule has 0 saturated carbocycles. The topological polar surface area (TPSA) is 49.3 Å². The van der Waals surface area contributed by atoms with Crippen LogP contribution in [0, 0.1) is 5.92 Å². The second-order valence-corrected chi connectivity index (χ2v) is 7.24. The molecule has 0 aromatic carbocycles. The fourth-order valence-corrected chi connectivity index (χ4v) is 4.46. The SMILES string of the molecule is CC(C)CC(CC(=O)O)NC1CSCCSC1. The van der Waals surface area contributed by atoms with E-state index in [0.717, 1.165) is 17.9 Å². The van der Waals surface area contributed by atoms with Crippen LogP contribution in [0.5, 0.6) is 0 Å². The minimum atomic E-state index is -0.697. The molecular weight excluding hydrogens is 254 g/mol. The standard InChI is InChI=1S/C12H23NO2S2/c1-9(2)5-10(6-12(14)15)13-11-7-16-3-4-17-8-11/h9-11,13H,3-8H2,1-2H3,(H,14,15). The lowest BCUT2D eigenvalue weighted by atomic mass is 10.0. The predicted molar refractivity (Wildman–Crippen MR) is 77.1 cm³/mol. The van der Waals surface area contributed by atoms with Gasteiger partial charge in [0.25, 0.3) is 0 Å². The number of rotatable bonds is 6. The van der Waals surface area contributed by atoms with E-state index in [9.17, 15) is 4.79 Å². The van der Waals surface area contributed by atoms with Crippen LogP contribution >= 0.6 is 23.5 Å². The zero-order chi connectivity index (χ0) is 12.7. The van der Waals surface area contributed by atoms with Gasteiger partial charge in [-0.25, -0.2) is 0 Å². The Kier molecular flexibility index (Phi) is 7.39. The zero-order valence-electron chi connectivity index (χ0n) is 10.6. The molecule has 100 valence electrons. The van der Waals surface area contributed by atoms with Crippen molar-refractivity contribution in [2.75, 3.05) is 23.0 Å². The van der Waals surface area contributed by atoms with Crippen LogP contribution in [-0.2, 0) is 4.79 Å². The Morgan fingerprint density at radius 3 is 2.41 bits per heavy atom. The quantitative estimate of drug-likeness (QED) is 0.780. The molecule has 1 aliphatic heterocycles. The molecule has 0 spiro atoms. The third kappa shape index (κ3) is 7.21. The molecule has 1 rings (SSSR count). The lowest BCUT2D eigenvalue weighted by molar-refractivity contribution is -0.137. The molecule has 1 aliphatic rings. The van der Waals surface area contributed by atoms with Crippen LogP contribution in [0.4, 0.5) is 0 Å². The van der Waals surface area contributed by atoms with E-state index in [0.29, 0.717) is 12.0 Å². The highest BCUT2D eigenvalue weighted by atomic mass is 32.2. The van der Waals surface area contributed by atoms with Crippen molar-refractivity contribution in [3.05, 3.63) is 0 Å². The molecule has 0 bridgehead atoms. The lowest BCUT2D eigenvalue weighted by Gasteiger charge is -2.24. The summed E-state index contributed by atoms with van der Waals surface area (Å²) >= 11 is 3.95. The van der Waals surface area contributed by atoms with Crippen molar-refractivity contribution in [2.45, 2.75) is 38.8 Å². The molecule has 0 radical (unpaired) electrons. The van der Waals surface area contributed by atoms with E-state index in [1.807, 2.05) is 23.5 Å². The number of aliphatic carboxylic acids is 1. The van der Waals surface area contributed by atoms with Gasteiger partial charge in [-0.15, -0.1) is 0 Å². The average molecular weight is 277 g/mol. The van der Waals surface area contributed by atoms with Crippen LogP contribution in [0.3, 0.4) is 0 Å². The van der Waals surface area contributed by atoms with Crippen molar-refractivity contribution in [1.82, 2.24) is 5.32 Å². The van der Waals surface area contributed by atoms with Gasteiger partial charge in [-0.3, -0.25) is 4.79 Å². The highest BCUT2D eigenvalue weighted by Crippen LogP contribution is 2.18. The van der Waals surface area contributed by atoms with E-state index < -0.39 is 5.97 Å². The van der Waals surface area contributed by atoms with E-state index in [-0.39, 0.29) is 12.5 Å². The number of thioether (sulfide) groups is 2. The van der Waals surface area contributed by atoms with Crippen molar-refractivity contribution in [3.8, 4) is 0 Å². The lowest BCUT2D eigenvalue weighted by Crippen LogP contribution is -2.43. The van der Waals surface area contributed by atoms with Crippen molar-refractivity contribution in [2.24, 2.45) is 5.92 Å². The van der Waals surface area contributed by atoms with Gasteiger partial charge in [-0.2, -0.15) is 23.5 Å². The summed E-state index contributed by atoms with van der Waals surface area (Å²) in [6, 6.07) is 0.590. The second kappa shape index (κ2) is 8.27. The van der Waals surface area contributed by atoms with Gasteiger partial charge in [-0.1, -0.05) is 13.8 Å². The van der Waals surface area contributed by atoms with Gasteiger partial charge in [0.1, 0.15) is 0 Å². The van der Waals surface area contributed by atoms with Crippen LogP contribution in [0.15, 0.2) is 0 Å². The maximum atomic E-state index is 10.9. The first kappa shape index (κ1) is 15.2. The molecule has 17 heavy (non-hydrogen) atoms. The fourth-order valence-electron chi connectivity index (χ4n) is 2.04. The third-order valence-corrected chi connectivity index (χ3v) is 5.18. The van der Waals surface area contributed by atoms with Crippen molar-refractivity contribution >= 4 is 29.5 Å². The summed E-state index contributed by atoms with van der Waals surface area (Å²) in [5.41, 5.74) is 0. The Labute approximate surface area is 112 Å². The first-order chi connectivity index (χ1) is 8.08. The second-order valence-electron chi connectivity index (χ2n) is 4.94. The van der Waals surface area contributed by atoms with E-state index in [4.69, 9.17) is 5.11 Å². The van der Waals surface area contributed by atoms with Gasteiger partial charge in [0.05, 0.1) is 6.42 Å². The minimum Gasteiger partial charge on any atom is -0.481 e. The largest absolute Gasteiger partial charge is 0.481 e. The molecule has 1 atom stereocenters. The Bertz CT molecular complexity index is 229. The number of nitrogens with one attached hydrogen (secondary N) is 1. The number of hydrogen-bond acceptors (Lipinski definition) is 4. The summed E-state index contributed by atoms with van der Waals surface area (Å²) in [5.74, 6) is 4.50. The molecule has 2 N–H and O–H groups in total. The molecule has 3 nitrogen and oxygen atoms in total. The summed E-state index contributed by atoms with van der Waals surface area (Å²) in [7, 11) is 0. The molecule has 1 saturated heterocycles. The molecule has 1 unspecified atom stereocenters. The molecular formula is C12H23NO2S2. The van der Waals surface area contributed by atoms with Gasteiger partial charge < -0.3 is 10.4 Å². The normalized spacial score (nSPS) is 20.2. The average Bonchev–Trinajstić information content (AvgIpc) is 2.44. The van der Waals surface area contributed by atoms with Gasteiger partial charge in [0, 0.05) is 35.1 Å². The Balaban J connectivity index is 2.42. The number of hydrogen-bond donors (Lipinski definition) is 2. The predicted octanol–water partition coefficient (Wildman–Crippen LogP) is 2.31. The van der Waals surface area contributed by atoms with Crippen LogP contribution in [0.1, 0.15) is 26.7 Å². The van der Waals surface area contributed by atoms with E-state index in [2.05, 4.69) is 19.2 Å². The van der Waals surface area contributed by atoms with Crippen LogP contribution in [0.2, 0.25) is 0 Å². The van der Waals surface area contributed by atoms with E-state index >= 15 is 0 Å². The fraction of sp³-hybridized carbons (Fsp3) is 0.917. The van der Waals surface area contributed by atoms with Crippen LogP contribution in [-0.4, -0.2) is 46.2 Å². The highest BCUT2D eigenvalue weighted by molar-refractivity contribution is 8.03. The smallest absolute Gasteiger partial charge is 0.304 e. The highest BCUT2D eigenvalue weighted by Gasteiger charge is 2.20. The van der Waals surface area contributed by atoms with Crippen LogP contribution in [0.25, 0.3) is 0 Å². The van der Waals surface area contributed by atoms with Gasteiger partial charge in [0.2, 0.25) is 0 Å². The Morgan fingerprint density at radius 2 is 1.94 bits per heavy atom. The minimum absolute atomic E-state index is 0.122. The summed E-state index contributed by atoms with van der Waals surface area (Å²) in [5, 5.41) is 12.5. The maximum Gasteiger partial charge on any atom is 0.304 e. The summed E-state index contributed by atoms with van der Waals surface area (Å²) in [6.07, 6.45) is 1.18. The van der Waals surface area contributed by atoms with Crippen LogP contribution < -0.4 is 5.32 Å². The Morgan fingerprint density at radius 1 is 1.35 bits per heavy atom. The first-order valence-corrected chi connectivity index (χ1v) is 8.52. The van der Waals surface area contributed by atoms with E-state index in [1.165, 1.54) is 11.5 Å². The summed E-state index contributed by atoms with van der Waals surface area (Å²) in [4.78, 5) is 10.9. The number of carboxylic acid groups (broad SMARTS) is 1. The molecule has 0 amide bonds. The third-order valence-electron chi connectivity index (χ3n) is 2.66. The zero-order valence-corrected chi connectivity index (χ0v) is 12.3. The van der Waals surface area contributed by atoms with Crippen molar-refractivity contribution < 1.29 is 9.90 Å². The van der Waals surface area contributed by atoms with Gasteiger partial charge >= 0.3 is 5.97 Å². The maximum absolute atomic E-state index is 10.9. The molecule has 0 aromatic heterocycles. The van der Waals surface area contributed by atoms with Gasteiger partial charge in [0.15, 0.2) is 0 Å². The molecule has 5 heteroatoms. The van der Waals surface area contributed by atoms with Crippen molar-refractivity contribution in [1.29, 1.82) is 0 Å². The monoisotopic (exact) mass is 277 g/mol. The molecule has 0 aliphatic carbocycles. The van der Waals surface area contributed by atoms with Gasteiger partial charge in [-0.05, 0) is 12.3 Å². The van der Waals surface area contributed by atoms with Crippen molar-refractivity contribution in [3.63, 3.8) is 0 Å². The molecule has 1 heterocycles. The number of carbonyl (C=O) groups is 1. The molecule has 0 aromatic rings. The Hall–Kier alpha value is 0.130. The number of carboxylic acids is 1. The first-order valence-electron chi connectivity index (χ1n) is 6.21. The molecule has 1 fully saturated rings.